The standard InChI is InChI=1S/C12H15ClN2O2/c13-10-7-8(15-5-1-2-6-15)3-4-9(10)11(14)12(16)17/h3-4,7,11H,1-2,5-6,14H2,(H,16,17)/t11-/m0/s1. The fraction of sp³-hybridized carbons (Fsp3) is 0.417. The van der Waals surface area contributed by atoms with Crippen molar-refractivity contribution in [3.05, 3.63) is 28.8 Å². The van der Waals surface area contributed by atoms with Gasteiger partial charge in [0.15, 0.2) is 0 Å². The number of rotatable bonds is 3. The number of nitrogens with two attached hydrogens (primary N) is 1. The molecule has 0 aromatic heterocycles. The van der Waals surface area contributed by atoms with Crippen LogP contribution in [0.1, 0.15) is 24.4 Å². The number of aliphatic carboxylic acids is 1. The summed E-state index contributed by atoms with van der Waals surface area (Å²) in [6, 6.07) is 4.32. The third kappa shape index (κ3) is 2.53. The quantitative estimate of drug-likeness (QED) is 0.866. The number of benzene rings is 1. The molecule has 3 N–H and O–H groups in total. The van der Waals surface area contributed by atoms with Gasteiger partial charge in [-0.25, -0.2) is 0 Å². The van der Waals surface area contributed by atoms with E-state index in [-0.39, 0.29) is 0 Å². The number of anilines is 1. The second-order valence-corrected chi connectivity index (χ2v) is 4.62. The van der Waals surface area contributed by atoms with Crippen LogP contribution in [0.3, 0.4) is 0 Å². The molecule has 0 unspecified atom stereocenters. The van der Waals surface area contributed by atoms with Gasteiger partial charge in [0.05, 0.1) is 0 Å². The van der Waals surface area contributed by atoms with Gasteiger partial charge in [-0.05, 0) is 30.5 Å². The number of carbonyl (C=O) groups is 1. The maximum Gasteiger partial charge on any atom is 0.325 e. The van der Waals surface area contributed by atoms with Gasteiger partial charge in [-0.15, -0.1) is 0 Å². The topological polar surface area (TPSA) is 66.6 Å². The summed E-state index contributed by atoms with van der Waals surface area (Å²) in [5.41, 5.74) is 7.04. The number of carboxylic acids is 1. The minimum absolute atomic E-state index is 0.421. The number of hydrogen-bond acceptors (Lipinski definition) is 3. The maximum absolute atomic E-state index is 10.8. The summed E-state index contributed by atoms with van der Waals surface area (Å²) in [4.78, 5) is 13.0. The Labute approximate surface area is 105 Å². The van der Waals surface area contributed by atoms with Crippen LogP contribution in [-0.4, -0.2) is 24.2 Å². The van der Waals surface area contributed by atoms with Crippen molar-refractivity contribution >= 4 is 23.3 Å². The van der Waals surface area contributed by atoms with Crippen LogP contribution < -0.4 is 10.6 Å². The van der Waals surface area contributed by atoms with Gasteiger partial charge < -0.3 is 15.7 Å². The number of carboxylic acid groups (broad SMARTS) is 1. The Hall–Kier alpha value is -1.26. The van der Waals surface area contributed by atoms with Crippen LogP contribution in [-0.2, 0) is 4.79 Å². The zero-order valence-corrected chi connectivity index (χ0v) is 10.2. The van der Waals surface area contributed by atoms with Gasteiger partial charge in [0.1, 0.15) is 6.04 Å². The highest BCUT2D eigenvalue weighted by molar-refractivity contribution is 6.32. The minimum Gasteiger partial charge on any atom is -0.480 e. The Morgan fingerprint density at radius 2 is 2.06 bits per heavy atom. The van der Waals surface area contributed by atoms with Crippen LogP contribution in [0.5, 0.6) is 0 Å². The molecule has 1 aliphatic rings. The van der Waals surface area contributed by atoms with E-state index in [4.69, 9.17) is 22.4 Å². The predicted molar refractivity (Wildman–Crippen MR) is 67.5 cm³/mol. The van der Waals surface area contributed by atoms with E-state index in [9.17, 15) is 4.79 Å². The molecule has 0 aliphatic carbocycles. The summed E-state index contributed by atoms with van der Waals surface area (Å²) in [6.07, 6.45) is 2.38. The molecule has 1 aromatic carbocycles. The first-order valence-corrected chi connectivity index (χ1v) is 6.00. The molecule has 1 fully saturated rings. The highest BCUT2D eigenvalue weighted by Crippen LogP contribution is 2.29. The average molecular weight is 255 g/mol. The Bertz CT molecular complexity index is 431. The zero-order chi connectivity index (χ0) is 12.4. The first kappa shape index (κ1) is 12.2. The lowest BCUT2D eigenvalue weighted by Gasteiger charge is -2.19. The summed E-state index contributed by atoms with van der Waals surface area (Å²) in [5, 5.41) is 9.27. The summed E-state index contributed by atoms with van der Waals surface area (Å²) in [6.45, 7) is 2.06. The summed E-state index contributed by atoms with van der Waals surface area (Å²) < 4.78 is 0. The van der Waals surface area contributed by atoms with Gasteiger partial charge in [0, 0.05) is 23.8 Å². The molecule has 0 saturated carbocycles. The molecule has 17 heavy (non-hydrogen) atoms. The van der Waals surface area contributed by atoms with Crippen LogP contribution in [0.4, 0.5) is 5.69 Å². The van der Waals surface area contributed by atoms with Crippen LogP contribution in [0.15, 0.2) is 18.2 Å². The van der Waals surface area contributed by atoms with Crippen molar-refractivity contribution in [1.29, 1.82) is 0 Å². The molecule has 0 amide bonds. The molecule has 1 saturated heterocycles. The van der Waals surface area contributed by atoms with Crippen LogP contribution in [0.25, 0.3) is 0 Å². The largest absolute Gasteiger partial charge is 0.480 e. The Morgan fingerprint density at radius 3 is 2.59 bits per heavy atom. The summed E-state index contributed by atoms with van der Waals surface area (Å²) in [7, 11) is 0. The van der Waals surface area contributed by atoms with Crippen LogP contribution in [0, 0.1) is 0 Å². The predicted octanol–water partition coefficient (Wildman–Crippen LogP) is 2.02. The molecule has 1 aromatic rings. The van der Waals surface area contributed by atoms with Gasteiger partial charge in [0.25, 0.3) is 0 Å². The number of hydrogen-bond donors (Lipinski definition) is 2. The lowest BCUT2D eigenvalue weighted by atomic mass is 10.1. The van der Waals surface area contributed by atoms with E-state index in [0.717, 1.165) is 18.8 Å². The van der Waals surface area contributed by atoms with Crippen molar-refractivity contribution in [3.63, 3.8) is 0 Å². The third-order valence-corrected chi connectivity index (χ3v) is 3.38. The molecule has 1 atom stereocenters. The lowest BCUT2D eigenvalue weighted by Crippen LogP contribution is -2.22. The van der Waals surface area contributed by atoms with Crippen molar-refractivity contribution < 1.29 is 9.90 Å². The normalized spacial score (nSPS) is 17.2. The molecule has 2 rings (SSSR count). The molecular weight excluding hydrogens is 240 g/mol. The van der Waals surface area contributed by atoms with Crippen LogP contribution >= 0.6 is 11.6 Å². The first-order valence-electron chi connectivity index (χ1n) is 5.62. The van der Waals surface area contributed by atoms with Gasteiger partial charge in [0.2, 0.25) is 0 Å². The van der Waals surface area contributed by atoms with Crippen molar-refractivity contribution in [2.75, 3.05) is 18.0 Å². The fourth-order valence-corrected chi connectivity index (χ4v) is 2.37. The second-order valence-electron chi connectivity index (χ2n) is 4.22. The smallest absolute Gasteiger partial charge is 0.325 e. The van der Waals surface area contributed by atoms with E-state index < -0.39 is 12.0 Å². The van der Waals surface area contributed by atoms with Gasteiger partial charge in [-0.1, -0.05) is 17.7 Å². The second kappa shape index (κ2) is 4.94. The van der Waals surface area contributed by atoms with E-state index in [1.165, 1.54) is 12.8 Å². The highest BCUT2D eigenvalue weighted by atomic mass is 35.5. The Kier molecular flexibility index (Phi) is 3.54. The van der Waals surface area contributed by atoms with E-state index in [0.29, 0.717) is 10.6 Å². The summed E-state index contributed by atoms with van der Waals surface area (Å²) in [5.74, 6) is -1.07. The van der Waals surface area contributed by atoms with Crippen molar-refractivity contribution in [1.82, 2.24) is 0 Å². The molecule has 1 heterocycles. The van der Waals surface area contributed by atoms with Gasteiger partial charge >= 0.3 is 5.97 Å². The molecule has 0 radical (unpaired) electrons. The van der Waals surface area contributed by atoms with Crippen molar-refractivity contribution in [2.45, 2.75) is 18.9 Å². The Morgan fingerprint density at radius 1 is 1.41 bits per heavy atom. The third-order valence-electron chi connectivity index (χ3n) is 3.06. The molecule has 0 bridgehead atoms. The van der Waals surface area contributed by atoms with E-state index >= 15 is 0 Å². The molecule has 5 heteroatoms. The fourth-order valence-electron chi connectivity index (χ4n) is 2.07. The molecule has 0 spiro atoms. The molecular formula is C12H15ClN2O2. The first-order chi connectivity index (χ1) is 8.09. The molecule has 1 aliphatic heterocycles. The highest BCUT2D eigenvalue weighted by Gasteiger charge is 2.19. The average Bonchev–Trinajstić information content (AvgIpc) is 2.81. The van der Waals surface area contributed by atoms with Gasteiger partial charge in [-0.3, -0.25) is 4.79 Å². The monoisotopic (exact) mass is 254 g/mol. The number of nitrogens with zero attached hydrogens (tertiary/aromatic N) is 1. The number of halogens is 1. The Balaban J connectivity index is 2.24. The van der Waals surface area contributed by atoms with Gasteiger partial charge in [-0.2, -0.15) is 0 Å². The van der Waals surface area contributed by atoms with E-state index in [1.54, 1.807) is 12.1 Å². The van der Waals surface area contributed by atoms with Crippen molar-refractivity contribution in [2.24, 2.45) is 5.73 Å². The SMILES string of the molecule is N[C@H](C(=O)O)c1ccc(N2CCCC2)cc1Cl. The lowest BCUT2D eigenvalue weighted by molar-refractivity contribution is -0.138. The van der Waals surface area contributed by atoms with E-state index in [2.05, 4.69) is 4.90 Å². The minimum atomic E-state index is -1.07. The maximum atomic E-state index is 10.8. The van der Waals surface area contributed by atoms with Crippen LogP contribution in [0.2, 0.25) is 5.02 Å². The molecule has 92 valence electrons. The summed E-state index contributed by atoms with van der Waals surface area (Å²) >= 11 is 6.08. The van der Waals surface area contributed by atoms with E-state index in [1.807, 2.05) is 6.07 Å². The van der Waals surface area contributed by atoms with Crippen molar-refractivity contribution in [3.8, 4) is 0 Å². The molecule has 4 nitrogen and oxygen atoms in total. The zero-order valence-electron chi connectivity index (χ0n) is 9.40.